The Morgan fingerprint density at radius 3 is 2.36 bits per heavy atom. The smallest absolute Gasteiger partial charge is 0.339 e. The van der Waals surface area contributed by atoms with Gasteiger partial charge in [-0.25, -0.2) is 14.6 Å². The Morgan fingerprint density at radius 1 is 1.18 bits per heavy atom. The maximum atomic E-state index is 12.3. The van der Waals surface area contributed by atoms with Crippen molar-refractivity contribution in [2.24, 2.45) is 0 Å². The van der Waals surface area contributed by atoms with E-state index >= 15 is 0 Å². The Balaban J connectivity index is 2.15. The van der Waals surface area contributed by atoms with Crippen molar-refractivity contribution in [3.05, 3.63) is 62.8 Å². The molecule has 0 aliphatic heterocycles. The Hall–Kier alpha value is -3.53. The number of nitrogens with zero attached hydrogens (tertiary/aromatic N) is 2. The molecule has 1 amide bonds. The van der Waals surface area contributed by atoms with Gasteiger partial charge < -0.3 is 14.8 Å². The molecule has 11 heteroatoms. The second-order valence-corrected chi connectivity index (χ2v) is 5.85. The minimum Gasteiger partial charge on any atom is -0.465 e. The van der Waals surface area contributed by atoms with Crippen LogP contribution in [0.2, 0.25) is 5.02 Å². The highest BCUT2D eigenvalue weighted by Gasteiger charge is 2.23. The van der Waals surface area contributed by atoms with Crippen LogP contribution in [0.3, 0.4) is 0 Å². The second-order valence-electron chi connectivity index (χ2n) is 5.42. The highest BCUT2D eigenvalue weighted by molar-refractivity contribution is 6.30. The zero-order valence-corrected chi connectivity index (χ0v) is 15.4. The van der Waals surface area contributed by atoms with Gasteiger partial charge in [0.25, 0.3) is 11.6 Å². The Bertz CT molecular complexity index is 931. The standard InChI is InChI=1S/C17H14ClN3O7/c1-9(15(22)20-14-4-3-12(18)8-19-14)28-17(24)11-5-10(16(23)27-2)6-13(7-11)21(25)26/h3-9H,1-2H3,(H,19,20,22)/t9-/m1/s1. The molecule has 1 heterocycles. The first-order valence-electron chi connectivity index (χ1n) is 7.72. The summed E-state index contributed by atoms with van der Waals surface area (Å²) in [7, 11) is 1.09. The predicted molar refractivity (Wildman–Crippen MR) is 97.2 cm³/mol. The van der Waals surface area contributed by atoms with Gasteiger partial charge in [0.2, 0.25) is 0 Å². The van der Waals surface area contributed by atoms with Crippen molar-refractivity contribution in [2.75, 3.05) is 12.4 Å². The number of hydrogen-bond donors (Lipinski definition) is 1. The number of amides is 1. The van der Waals surface area contributed by atoms with Crippen molar-refractivity contribution in [3.63, 3.8) is 0 Å². The minimum atomic E-state index is -1.24. The molecule has 0 spiro atoms. The molecule has 28 heavy (non-hydrogen) atoms. The van der Waals surface area contributed by atoms with Gasteiger partial charge in [0.05, 0.1) is 28.2 Å². The third-order valence-electron chi connectivity index (χ3n) is 3.42. The fraction of sp³-hybridized carbons (Fsp3) is 0.176. The highest BCUT2D eigenvalue weighted by atomic mass is 35.5. The number of nitro groups is 1. The number of nitro benzene ring substituents is 1. The number of anilines is 1. The van der Waals surface area contributed by atoms with Crippen molar-refractivity contribution in [1.29, 1.82) is 0 Å². The zero-order valence-electron chi connectivity index (χ0n) is 14.7. The third kappa shape index (κ3) is 5.24. The van der Waals surface area contributed by atoms with Gasteiger partial charge in [-0.3, -0.25) is 14.9 Å². The number of nitrogens with one attached hydrogen (secondary N) is 1. The molecule has 0 aliphatic carbocycles. The number of esters is 2. The molecule has 0 bridgehead atoms. The topological polar surface area (TPSA) is 138 Å². The number of methoxy groups -OCH3 is 1. The van der Waals surface area contributed by atoms with Crippen molar-refractivity contribution < 1.29 is 28.8 Å². The van der Waals surface area contributed by atoms with E-state index < -0.39 is 34.6 Å². The average Bonchev–Trinajstić information content (AvgIpc) is 2.68. The van der Waals surface area contributed by atoms with E-state index in [0.717, 1.165) is 25.3 Å². The van der Waals surface area contributed by atoms with Crippen LogP contribution in [0.15, 0.2) is 36.5 Å². The van der Waals surface area contributed by atoms with E-state index in [9.17, 15) is 24.5 Å². The van der Waals surface area contributed by atoms with Crippen LogP contribution in [0.5, 0.6) is 0 Å². The number of halogens is 1. The van der Waals surface area contributed by atoms with Crippen molar-refractivity contribution in [3.8, 4) is 0 Å². The van der Waals surface area contributed by atoms with Crippen molar-refractivity contribution in [1.82, 2.24) is 4.98 Å². The number of benzene rings is 1. The zero-order chi connectivity index (χ0) is 20.8. The van der Waals surface area contributed by atoms with Gasteiger partial charge in [0.1, 0.15) is 5.82 Å². The summed E-state index contributed by atoms with van der Waals surface area (Å²) in [5.74, 6) is -2.37. The molecule has 0 aliphatic rings. The molecule has 10 nitrogen and oxygen atoms in total. The first kappa shape index (κ1) is 20.8. The number of ether oxygens (including phenoxy) is 2. The molecule has 1 aromatic carbocycles. The molecule has 0 fully saturated rings. The molecule has 0 unspecified atom stereocenters. The lowest BCUT2D eigenvalue weighted by Gasteiger charge is -2.13. The van der Waals surface area contributed by atoms with E-state index in [-0.39, 0.29) is 16.9 Å². The summed E-state index contributed by atoms with van der Waals surface area (Å²) < 4.78 is 9.52. The number of rotatable bonds is 6. The summed E-state index contributed by atoms with van der Waals surface area (Å²) in [6.07, 6.45) is 0.0801. The summed E-state index contributed by atoms with van der Waals surface area (Å²) in [6.45, 7) is 1.31. The van der Waals surface area contributed by atoms with Gasteiger partial charge >= 0.3 is 11.9 Å². The van der Waals surface area contributed by atoms with Gasteiger partial charge in [-0.1, -0.05) is 11.6 Å². The largest absolute Gasteiger partial charge is 0.465 e. The van der Waals surface area contributed by atoms with E-state index in [2.05, 4.69) is 15.0 Å². The van der Waals surface area contributed by atoms with Crippen molar-refractivity contribution >= 4 is 41.0 Å². The van der Waals surface area contributed by atoms with Crippen LogP contribution >= 0.6 is 11.6 Å². The van der Waals surface area contributed by atoms with E-state index in [1.165, 1.54) is 25.3 Å². The molecule has 1 N–H and O–H groups in total. The quantitative estimate of drug-likeness (QED) is 0.438. The molecular weight excluding hydrogens is 394 g/mol. The monoisotopic (exact) mass is 407 g/mol. The molecule has 0 radical (unpaired) electrons. The second kappa shape index (κ2) is 8.91. The number of pyridine rings is 1. The number of non-ortho nitro benzene ring substituents is 1. The first-order chi connectivity index (χ1) is 13.2. The van der Waals surface area contributed by atoms with Crippen LogP contribution in [-0.4, -0.2) is 41.0 Å². The highest BCUT2D eigenvalue weighted by Crippen LogP contribution is 2.19. The van der Waals surface area contributed by atoms with Crippen LogP contribution in [0.1, 0.15) is 27.6 Å². The molecule has 0 saturated carbocycles. The Morgan fingerprint density at radius 2 is 1.82 bits per heavy atom. The number of carbonyl (C=O) groups is 3. The Kier molecular flexibility index (Phi) is 6.61. The molecule has 1 atom stereocenters. The van der Waals surface area contributed by atoms with Gasteiger partial charge in [0.15, 0.2) is 6.10 Å². The molecule has 1 aromatic heterocycles. The summed E-state index contributed by atoms with van der Waals surface area (Å²) in [5.41, 5.74) is -0.984. The van der Waals surface area contributed by atoms with Crippen LogP contribution < -0.4 is 5.32 Å². The summed E-state index contributed by atoms with van der Waals surface area (Å²) in [6, 6.07) is 5.94. The normalized spacial score (nSPS) is 11.2. The van der Waals surface area contributed by atoms with Crippen LogP contribution in [0.4, 0.5) is 11.5 Å². The van der Waals surface area contributed by atoms with E-state index in [4.69, 9.17) is 16.3 Å². The van der Waals surface area contributed by atoms with Gasteiger partial charge in [0, 0.05) is 18.3 Å². The minimum absolute atomic E-state index is 0.195. The number of aromatic nitrogens is 1. The fourth-order valence-electron chi connectivity index (χ4n) is 2.03. The lowest BCUT2D eigenvalue weighted by Crippen LogP contribution is -2.30. The average molecular weight is 408 g/mol. The summed E-state index contributed by atoms with van der Waals surface area (Å²) in [4.78, 5) is 50.2. The van der Waals surface area contributed by atoms with Gasteiger partial charge in [-0.15, -0.1) is 0 Å². The predicted octanol–water partition coefficient (Wildman–Crippen LogP) is 2.61. The molecule has 0 saturated heterocycles. The van der Waals surface area contributed by atoms with Crippen LogP contribution in [0.25, 0.3) is 0 Å². The van der Waals surface area contributed by atoms with Crippen molar-refractivity contribution in [2.45, 2.75) is 13.0 Å². The molecule has 146 valence electrons. The third-order valence-corrected chi connectivity index (χ3v) is 3.64. The molecular formula is C17H14ClN3O7. The maximum Gasteiger partial charge on any atom is 0.339 e. The van der Waals surface area contributed by atoms with Gasteiger partial charge in [-0.05, 0) is 25.1 Å². The fourth-order valence-corrected chi connectivity index (χ4v) is 2.14. The van der Waals surface area contributed by atoms with E-state index in [1.807, 2.05) is 0 Å². The van der Waals surface area contributed by atoms with Gasteiger partial charge in [-0.2, -0.15) is 0 Å². The summed E-state index contributed by atoms with van der Waals surface area (Å²) in [5, 5.41) is 13.8. The SMILES string of the molecule is COC(=O)c1cc(C(=O)O[C@H](C)C(=O)Nc2ccc(Cl)cn2)cc([N+](=O)[O-])c1. The number of hydrogen-bond acceptors (Lipinski definition) is 8. The maximum absolute atomic E-state index is 12.3. The number of carbonyl (C=O) groups excluding carboxylic acids is 3. The molecule has 2 rings (SSSR count). The van der Waals surface area contributed by atoms with E-state index in [1.54, 1.807) is 0 Å². The summed E-state index contributed by atoms with van der Waals surface area (Å²) >= 11 is 5.70. The Labute approximate surface area is 163 Å². The van der Waals surface area contributed by atoms with Crippen LogP contribution in [0, 0.1) is 10.1 Å². The molecule has 2 aromatic rings. The first-order valence-corrected chi connectivity index (χ1v) is 8.10. The lowest BCUT2D eigenvalue weighted by molar-refractivity contribution is -0.384. The lowest BCUT2D eigenvalue weighted by atomic mass is 10.1. The van der Waals surface area contributed by atoms with Crippen LogP contribution in [-0.2, 0) is 14.3 Å². The van der Waals surface area contributed by atoms with E-state index in [0.29, 0.717) is 5.02 Å².